The molecule has 3 heterocycles. The number of Topliss-reactive ketones (excluding diaryl/α,β-unsaturated/α-hetero) is 1. The fourth-order valence-corrected chi connectivity index (χ4v) is 6.01. The molecule has 1 aromatic carbocycles. The molecule has 2 atom stereocenters. The summed E-state index contributed by atoms with van der Waals surface area (Å²) in [6.45, 7) is 6.20. The van der Waals surface area contributed by atoms with Gasteiger partial charge in [0.25, 0.3) is 5.91 Å². The maximum absolute atomic E-state index is 13.8. The maximum atomic E-state index is 13.8. The van der Waals surface area contributed by atoms with E-state index < -0.39 is 5.92 Å². The van der Waals surface area contributed by atoms with Crippen molar-refractivity contribution in [2.75, 3.05) is 11.9 Å². The highest BCUT2D eigenvalue weighted by atomic mass is 32.1. The Hall–Kier alpha value is -3.71. The van der Waals surface area contributed by atoms with Gasteiger partial charge in [-0.15, -0.1) is 11.3 Å². The van der Waals surface area contributed by atoms with Crippen LogP contribution in [0.15, 0.2) is 82.5 Å². The van der Waals surface area contributed by atoms with Crippen molar-refractivity contribution in [3.8, 4) is 5.75 Å². The van der Waals surface area contributed by atoms with Gasteiger partial charge in [-0.05, 0) is 56.8 Å². The number of rotatable bonds is 6. The van der Waals surface area contributed by atoms with E-state index in [9.17, 15) is 9.59 Å². The number of amides is 1. The van der Waals surface area contributed by atoms with Crippen molar-refractivity contribution in [2.24, 2.45) is 0 Å². The minimum Gasteiger partial charge on any atom is -0.494 e. The molecular formula is C29H29N3O3S. The molecule has 1 aliphatic heterocycles. The zero-order valence-electron chi connectivity index (χ0n) is 20.6. The molecule has 1 aliphatic carbocycles. The molecule has 0 fully saturated rings. The van der Waals surface area contributed by atoms with Gasteiger partial charge in [-0.3, -0.25) is 9.59 Å². The lowest BCUT2D eigenvalue weighted by Gasteiger charge is -2.37. The summed E-state index contributed by atoms with van der Waals surface area (Å²) >= 11 is 1.68. The predicted octanol–water partition coefficient (Wildman–Crippen LogP) is 5.85. The number of benzene rings is 1. The molecule has 1 amide bonds. The summed E-state index contributed by atoms with van der Waals surface area (Å²) < 4.78 is 5.96. The largest absolute Gasteiger partial charge is 0.494 e. The molecule has 2 N–H and O–H groups in total. The Balaban J connectivity index is 1.60. The first-order valence-corrected chi connectivity index (χ1v) is 13.1. The Kier molecular flexibility index (Phi) is 6.74. The average molecular weight is 500 g/mol. The number of pyridine rings is 1. The molecule has 184 valence electrons. The highest BCUT2D eigenvalue weighted by molar-refractivity contribution is 7.10. The number of nitrogens with zero attached hydrogens (tertiary/aromatic N) is 1. The first-order valence-electron chi connectivity index (χ1n) is 12.2. The number of thiophene rings is 1. The van der Waals surface area contributed by atoms with Crippen LogP contribution in [0.1, 0.15) is 54.7 Å². The van der Waals surface area contributed by atoms with Crippen LogP contribution in [0.5, 0.6) is 5.75 Å². The third-order valence-electron chi connectivity index (χ3n) is 6.68. The van der Waals surface area contributed by atoms with Crippen molar-refractivity contribution in [2.45, 2.75) is 45.4 Å². The lowest BCUT2D eigenvalue weighted by atomic mass is 9.72. The fourth-order valence-electron chi connectivity index (χ4n) is 5.18. The Bertz CT molecular complexity index is 1370. The maximum Gasteiger partial charge on any atom is 0.255 e. The van der Waals surface area contributed by atoms with Crippen LogP contribution in [-0.2, 0) is 9.59 Å². The first-order chi connectivity index (χ1) is 17.5. The number of ketones is 1. The number of hydrogen-bond donors (Lipinski definition) is 2. The molecule has 2 aliphatic rings. The van der Waals surface area contributed by atoms with Gasteiger partial charge in [-0.2, -0.15) is 0 Å². The summed E-state index contributed by atoms with van der Waals surface area (Å²) in [5.74, 6) is 0.527. The van der Waals surface area contributed by atoms with Crippen LogP contribution in [0.3, 0.4) is 0 Å². The molecule has 2 aromatic heterocycles. The van der Waals surface area contributed by atoms with Crippen LogP contribution in [0.4, 0.5) is 5.82 Å². The van der Waals surface area contributed by atoms with Crippen molar-refractivity contribution >= 4 is 28.8 Å². The topological polar surface area (TPSA) is 80.3 Å². The lowest BCUT2D eigenvalue weighted by molar-refractivity contribution is -0.116. The predicted molar refractivity (Wildman–Crippen MR) is 142 cm³/mol. The van der Waals surface area contributed by atoms with Crippen molar-refractivity contribution in [3.63, 3.8) is 0 Å². The highest BCUT2D eigenvalue weighted by Crippen LogP contribution is 2.48. The van der Waals surface area contributed by atoms with E-state index in [-0.39, 0.29) is 17.6 Å². The third kappa shape index (κ3) is 4.58. The molecule has 7 heteroatoms. The van der Waals surface area contributed by atoms with Crippen LogP contribution in [0.2, 0.25) is 0 Å². The van der Waals surface area contributed by atoms with Gasteiger partial charge in [0.2, 0.25) is 0 Å². The number of anilines is 1. The number of nitrogens with one attached hydrogen (secondary N) is 2. The van der Waals surface area contributed by atoms with E-state index >= 15 is 0 Å². The van der Waals surface area contributed by atoms with Crippen molar-refractivity contribution < 1.29 is 14.3 Å². The Labute approximate surface area is 215 Å². The monoisotopic (exact) mass is 499 g/mol. The van der Waals surface area contributed by atoms with E-state index in [0.717, 1.165) is 29.1 Å². The van der Waals surface area contributed by atoms with Crippen LogP contribution < -0.4 is 15.4 Å². The molecule has 5 rings (SSSR count). The molecule has 0 radical (unpaired) electrons. The van der Waals surface area contributed by atoms with Crippen LogP contribution >= 0.6 is 11.3 Å². The number of carbonyl (C=O) groups is 2. The number of aryl methyl sites for hydroxylation is 1. The average Bonchev–Trinajstić information content (AvgIpc) is 3.39. The van der Waals surface area contributed by atoms with E-state index in [1.54, 1.807) is 17.4 Å². The standard InChI is InChI=1S/C29H29N3O3S/c1-4-35-23-11-6-5-10-20(23)27-26(29(34)32-25-13-7-9-17(2)30-25)18(3)31-21-15-19(16-22(33)28(21)27)24-12-8-14-36-24/h5-14,19,27,31H,4,15-16H2,1-3H3,(H,30,32,34)/t19-,27+/m0/s1. The van der Waals surface area contributed by atoms with Gasteiger partial charge in [0.05, 0.1) is 12.5 Å². The van der Waals surface area contributed by atoms with Crippen LogP contribution in [0.25, 0.3) is 0 Å². The van der Waals surface area contributed by atoms with Crippen LogP contribution in [0, 0.1) is 6.92 Å². The van der Waals surface area contributed by atoms with E-state index in [4.69, 9.17) is 4.74 Å². The molecule has 0 bridgehead atoms. The van der Waals surface area contributed by atoms with Gasteiger partial charge in [0.15, 0.2) is 5.78 Å². The van der Waals surface area contributed by atoms with Gasteiger partial charge in [-0.25, -0.2) is 4.98 Å². The number of allylic oxidation sites excluding steroid dienone is 3. The SMILES string of the molecule is CCOc1ccccc1[C@@H]1C(C(=O)Nc2cccc(C)n2)=C(C)NC2=C1C(=O)C[C@@H](c1cccs1)C2. The normalized spacial score (nSPS) is 19.6. The van der Waals surface area contributed by atoms with Gasteiger partial charge < -0.3 is 15.4 Å². The molecule has 0 unspecified atom stereocenters. The Morgan fingerprint density at radius 3 is 2.69 bits per heavy atom. The van der Waals surface area contributed by atoms with E-state index in [0.29, 0.717) is 35.7 Å². The number of aromatic nitrogens is 1. The highest BCUT2D eigenvalue weighted by Gasteiger charge is 2.42. The second-order valence-corrected chi connectivity index (χ2v) is 10.1. The summed E-state index contributed by atoms with van der Waals surface area (Å²) in [5, 5.41) is 8.44. The molecule has 0 saturated carbocycles. The first kappa shape index (κ1) is 24.0. The molecule has 0 spiro atoms. The molecule has 6 nitrogen and oxygen atoms in total. The minimum absolute atomic E-state index is 0.0601. The summed E-state index contributed by atoms with van der Waals surface area (Å²) in [7, 11) is 0. The summed E-state index contributed by atoms with van der Waals surface area (Å²) in [6, 6.07) is 17.3. The summed E-state index contributed by atoms with van der Waals surface area (Å²) in [4.78, 5) is 33.2. The van der Waals surface area contributed by atoms with E-state index in [1.165, 1.54) is 4.88 Å². The number of carbonyl (C=O) groups excluding carboxylic acids is 2. The molecule has 3 aromatic rings. The number of ether oxygens (including phenoxy) is 1. The fraction of sp³-hybridized carbons (Fsp3) is 0.276. The number of para-hydroxylation sites is 1. The van der Waals surface area contributed by atoms with E-state index in [1.807, 2.05) is 68.6 Å². The smallest absolute Gasteiger partial charge is 0.255 e. The van der Waals surface area contributed by atoms with E-state index in [2.05, 4.69) is 21.7 Å². The molecular weight excluding hydrogens is 470 g/mol. The Morgan fingerprint density at radius 2 is 1.94 bits per heavy atom. The molecule has 36 heavy (non-hydrogen) atoms. The van der Waals surface area contributed by atoms with Crippen molar-refractivity contribution in [1.82, 2.24) is 10.3 Å². The third-order valence-corrected chi connectivity index (χ3v) is 7.71. The quantitative estimate of drug-likeness (QED) is 0.445. The Morgan fingerprint density at radius 1 is 1.11 bits per heavy atom. The zero-order valence-corrected chi connectivity index (χ0v) is 21.4. The van der Waals surface area contributed by atoms with Gasteiger partial charge in [0.1, 0.15) is 11.6 Å². The number of hydrogen-bond acceptors (Lipinski definition) is 6. The summed E-state index contributed by atoms with van der Waals surface area (Å²) in [6.07, 6.45) is 1.14. The lowest BCUT2D eigenvalue weighted by Crippen LogP contribution is -2.37. The molecule has 0 saturated heterocycles. The second-order valence-electron chi connectivity index (χ2n) is 9.12. The zero-order chi connectivity index (χ0) is 25.2. The van der Waals surface area contributed by atoms with Gasteiger partial charge in [-0.1, -0.05) is 30.3 Å². The van der Waals surface area contributed by atoms with Crippen molar-refractivity contribution in [1.29, 1.82) is 0 Å². The van der Waals surface area contributed by atoms with Crippen molar-refractivity contribution in [3.05, 3.63) is 98.7 Å². The second kappa shape index (κ2) is 10.1. The minimum atomic E-state index is -0.536. The van der Waals surface area contributed by atoms with Gasteiger partial charge in [0, 0.05) is 51.0 Å². The summed E-state index contributed by atoms with van der Waals surface area (Å²) in [5.41, 5.74) is 4.41. The van der Waals surface area contributed by atoms with Crippen LogP contribution in [-0.4, -0.2) is 23.3 Å². The number of dihydropyridines is 1. The van der Waals surface area contributed by atoms with Gasteiger partial charge >= 0.3 is 0 Å².